The predicted molar refractivity (Wildman–Crippen MR) is 110 cm³/mol. The Morgan fingerprint density at radius 2 is 2.10 bits per heavy atom. The molecule has 2 aliphatic rings. The maximum Gasteiger partial charge on any atom is 0.307 e. The summed E-state index contributed by atoms with van der Waals surface area (Å²) >= 11 is 0. The fourth-order valence-corrected chi connectivity index (χ4v) is 4.81. The third kappa shape index (κ3) is 4.04. The topological polar surface area (TPSA) is 59.5 Å². The molecule has 152 valence electrons. The van der Waals surface area contributed by atoms with Gasteiger partial charge in [-0.25, -0.2) is 0 Å². The lowest BCUT2D eigenvalue weighted by Crippen LogP contribution is -2.36. The highest BCUT2D eigenvalue weighted by Gasteiger charge is 2.60. The van der Waals surface area contributed by atoms with Gasteiger partial charge in [-0.2, -0.15) is 0 Å². The molecule has 1 spiro atoms. The SMILES string of the molecule is CCOC(=O)CCN(Cc1cccnc1)C(=O)C1CC12CCCc1ccccc12. The van der Waals surface area contributed by atoms with Gasteiger partial charge in [0.05, 0.1) is 13.0 Å². The number of aryl methyl sites for hydroxylation is 1. The molecule has 1 amide bonds. The average Bonchev–Trinajstić information content (AvgIpc) is 3.46. The summed E-state index contributed by atoms with van der Waals surface area (Å²) in [6.07, 6.45) is 7.93. The number of hydrogen-bond donors (Lipinski definition) is 0. The summed E-state index contributed by atoms with van der Waals surface area (Å²) in [5.74, 6) is -0.109. The molecule has 4 rings (SSSR count). The lowest BCUT2D eigenvalue weighted by molar-refractivity contribution is -0.144. The minimum absolute atomic E-state index is 0.00261. The van der Waals surface area contributed by atoms with Gasteiger partial charge in [0, 0.05) is 36.8 Å². The van der Waals surface area contributed by atoms with Crippen molar-refractivity contribution in [2.24, 2.45) is 5.92 Å². The molecule has 0 radical (unpaired) electrons. The van der Waals surface area contributed by atoms with E-state index in [0.717, 1.165) is 31.2 Å². The molecule has 29 heavy (non-hydrogen) atoms. The molecule has 1 heterocycles. The molecule has 0 N–H and O–H groups in total. The normalized spacial score (nSPS) is 22.0. The molecule has 2 atom stereocenters. The quantitative estimate of drug-likeness (QED) is 0.675. The van der Waals surface area contributed by atoms with Crippen LogP contribution in [0.4, 0.5) is 0 Å². The molecule has 2 aromatic rings. The van der Waals surface area contributed by atoms with Crippen molar-refractivity contribution in [1.29, 1.82) is 0 Å². The number of rotatable bonds is 7. The number of aromatic nitrogens is 1. The number of carbonyl (C=O) groups is 2. The van der Waals surface area contributed by atoms with Crippen LogP contribution in [0.2, 0.25) is 0 Å². The van der Waals surface area contributed by atoms with Gasteiger partial charge in [-0.05, 0) is 55.4 Å². The van der Waals surface area contributed by atoms with Crippen LogP contribution in [-0.2, 0) is 32.7 Å². The molecule has 1 aromatic carbocycles. The maximum absolute atomic E-state index is 13.5. The number of carbonyl (C=O) groups excluding carboxylic acids is 2. The van der Waals surface area contributed by atoms with Gasteiger partial charge in [0.1, 0.15) is 0 Å². The van der Waals surface area contributed by atoms with E-state index in [9.17, 15) is 9.59 Å². The van der Waals surface area contributed by atoms with Crippen molar-refractivity contribution in [1.82, 2.24) is 9.88 Å². The minimum atomic E-state index is -0.259. The molecular formula is C24H28N2O3. The van der Waals surface area contributed by atoms with Gasteiger partial charge in [0.25, 0.3) is 0 Å². The van der Waals surface area contributed by atoms with Crippen LogP contribution in [0.5, 0.6) is 0 Å². The Kier molecular flexibility index (Phi) is 5.65. The van der Waals surface area contributed by atoms with E-state index in [0.29, 0.717) is 19.7 Å². The van der Waals surface area contributed by atoms with E-state index < -0.39 is 0 Å². The van der Waals surface area contributed by atoms with Crippen molar-refractivity contribution >= 4 is 11.9 Å². The zero-order chi connectivity index (χ0) is 20.3. The Balaban J connectivity index is 1.52. The van der Waals surface area contributed by atoms with Crippen LogP contribution in [0.3, 0.4) is 0 Å². The molecule has 1 saturated carbocycles. The molecule has 5 nitrogen and oxygen atoms in total. The van der Waals surface area contributed by atoms with Crippen molar-refractivity contribution < 1.29 is 14.3 Å². The van der Waals surface area contributed by atoms with Crippen LogP contribution in [-0.4, -0.2) is 34.9 Å². The first-order valence-electron chi connectivity index (χ1n) is 10.6. The van der Waals surface area contributed by atoms with Crippen molar-refractivity contribution in [2.45, 2.75) is 51.0 Å². The van der Waals surface area contributed by atoms with Gasteiger partial charge < -0.3 is 9.64 Å². The predicted octanol–water partition coefficient (Wildman–Crippen LogP) is 3.66. The molecule has 5 heteroatoms. The van der Waals surface area contributed by atoms with Crippen LogP contribution in [0.1, 0.15) is 49.3 Å². The largest absolute Gasteiger partial charge is 0.466 e. The van der Waals surface area contributed by atoms with Crippen LogP contribution in [0, 0.1) is 5.92 Å². The van der Waals surface area contributed by atoms with Gasteiger partial charge in [-0.15, -0.1) is 0 Å². The monoisotopic (exact) mass is 392 g/mol. The lowest BCUT2D eigenvalue weighted by Gasteiger charge is -2.29. The van der Waals surface area contributed by atoms with Crippen LogP contribution in [0.15, 0.2) is 48.8 Å². The van der Waals surface area contributed by atoms with Gasteiger partial charge in [-0.1, -0.05) is 30.3 Å². The van der Waals surface area contributed by atoms with Crippen LogP contribution in [0.25, 0.3) is 0 Å². The number of fused-ring (bicyclic) bond motifs is 2. The highest BCUT2D eigenvalue weighted by atomic mass is 16.5. The number of benzene rings is 1. The third-order valence-electron chi connectivity index (χ3n) is 6.30. The van der Waals surface area contributed by atoms with Gasteiger partial charge in [-0.3, -0.25) is 14.6 Å². The third-order valence-corrected chi connectivity index (χ3v) is 6.30. The van der Waals surface area contributed by atoms with Gasteiger partial charge >= 0.3 is 5.97 Å². The minimum Gasteiger partial charge on any atom is -0.466 e. The summed E-state index contributed by atoms with van der Waals surface area (Å²) < 4.78 is 5.07. The van der Waals surface area contributed by atoms with Crippen molar-refractivity contribution in [3.63, 3.8) is 0 Å². The summed E-state index contributed by atoms with van der Waals surface area (Å²) in [6, 6.07) is 12.4. The average molecular weight is 392 g/mol. The van der Waals surface area contributed by atoms with E-state index in [2.05, 4.69) is 29.2 Å². The smallest absolute Gasteiger partial charge is 0.307 e. The van der Waals surface area contributed by atoms with E-state index in [4.69, 9.17) is 4.74 Å². The molecule has 2 aliphatic carbocycles. The van der Waals surface area contributed by atoms with Crippen LogP contribution >= 0.6 is 0 Å². The van der Waals surface area contributed by atoms with Crippen molar-refractivity contribution in [3.8, 4) is 0 Å². The summed E-state index contributed by atoms with van der Waals surface area (Å²) in [7, 11) is 0. The van der Waals surface area contributed by atoms with Gasteiger partial charge in [0.15, 0.2) is 0 Å². The summed E-state index contributed by atoms with van der Waals surface area (Å²) in [6.45, 7) is 3.00. The fourth-order valence-electron chi connectivity index (χ4n) is 4.81. The number of amides is 1. The highest BCUT2D eigenvalue weighted by Crippen LogP contribution is 2.60. The summed E-state index contributed by atoms with van der Waals surface area (Å²) in [4.78, 5) is 31.4. The number of esters is 1. The van der Waals surface area contributed by atoms with E-state index >= 15 is 0 Å². The number of hydrogen-bond acceptors (Lipinski definition) is 4. The Morgan fingerprint density at radius 1 is 1.24 bits per heavy atom. The Bertz CT molecular complexity index is 883. The maximum atomic E-state index is 13.5. The molecule has 0 bridgehead atoms. The fraction of sp³-hybridized carbons (Fsp3) is 0.458. The second-order valence-corrected chi connectivity index (χ2v) is 8.10. The second-order valence-electron chi connectivity index (χ2n) is 8.10. The van der Waals surface area contributed by atoms with Crippen molar-refractivity contribution in [2.75, 3.05) is 13.2 Å². The Hall–Kier alpha value is -2.69. The summed E-state index contributed by atoms with van der Waals surface area (Å²) in [5, 5.41) is 0. The standard InChI is InChI=1S/C24H28N2O3/c1-2-29-22(27)11-14-26(17-18-7-6-13-25-16-18)23(28)21-15-24(21)12-5-9-19-8-3-4-10-20(19)24/h3-4,6-8,10,13,16,21H,2,5,9,11-12,14-15,17H2,1H3. The second kappa shape index (κ2) is 8.36. The van der Waals surface area contributed by atoms with Crippen molar-refractivity contribution in [3.05, 3.63) is 65.5 Å². The first-order valence-corrected chi connectivity index (χ1v) is 10.6. The lowest BCUT2D eigenvalue weighted by atomic mass is 9.78. The first-order chi connectivity index (χ1) is 14.1. The molecular weight excluding hydrogens is 364 g/mol. The highest BCUT2D eigenvalue weighted by molar-refractivity contribution is 5.85. The summed E-state index contributed by atoms with van der Waals surface area (Å²) in [5.41, 5.74) is 3.71. The van der Waals surface area contributed by atoms with E-state index in [-0.39, 0.29) is 29.6 Å². The molecule has 1 aromatic heterocycles. The van der Waals surface area contributed by atoms with Gasteiger partial charge in [0.2, 0.25) is 5.91 Å². The number of pyridine rings is 1. The molecule has 0 saturated heterocycles. The Morgan fingerprint density at radius 3 is 2.90 bits per heavy atom. The molecule has 1 fully saturated rings. The first kappa shape index (κ1) is 19.6. The number of ether oxygens (including phenoxy) is 1. The number of nitrogens with zero attached hydrogens (tertiary/aromatic N) is 2. The van der Waals surface area contributed by atoms with E-state index in [1.54, 1.807) is 19.3 Å². The van der Waals surface area contributed by atoms with E-state index in [1.165, 1.54) is 11.1 Å². The zero-order valence-corrected chi connectivity index (χ0v) is 17.0. The molecule has 2 unspecified atom stereocenters. The van der Waals surface area contributed by atoms with Crippen LogP contribution < -0.4 is 0 Å². The Labute approximate surface area is 172 Å². The van der Waals surface area contributed by atoms with E-state index in [1.807, 2.05) is 17.0 Å². The zero-order valence-electron chi connectivity index (χ0n) is 17.0. The molecule has 0 aliphatic heterocycles.